The molecule has 0 aliphatic heterocycles. The van der Waals surface area contributed by atoms with Crippen LogP contribution in [0.25, 0.3) is 0 Å². The highest BCUT2D eigenvalue weighted by Gasteiger charge is 2.10. The second kappa shape index (κ2) is 5.53. The van der Waals surface area contributed by atoms with E-state index in [0.717, 1.165) is 27.3 Å². The standard InChI is InChI=1S/C15H17BrN2O/c1-10-4-6-13(17)14(8-10)18(2)11-5-7-15(19-3)12(16)9-11/h4-9H,17H2,1-3H3. The lowest BCUT2D eigenvalue weighted by molar-refractivity contribution is 0.412. The van der Waals surface area contributed by atoms with Gasteiger partial charge in [-0.25, -0.2) is 0 Å². The fourth-order valence-corrected chi connectivity index (χ4v) is 2.48. The van der Waals surface area contributed by atoms with Crippen LogP contribution in [0.5, 0.6) is 5.75 Å². The van der Waals surface area contributed by atoms with Gasteiger partial charge in [0.1, 0.15) is 5.75 Å². The molecule has 0 aromatic heterocycles. The van der Waals surface area contributed by atoms with Crippen molar-refractivity contribution in [3.63, 3.8) is 0 Å². The third-order valence-corrected chi connectivity index (χ3v) is 3.69. The highest BCUT2D eigenvalue weighted by atomic mass is 79.9. The van der Waals surface area contributed by atoms with Crippen molar-refractivity contribution in [1.29, 1.82) is 0 Å². The molecular formula is C15H17BrN2O. The van der Waals surface area contributed by atoms with E-state index < -0.39 is 0 Å². The van der Waals surface area contributed by atoms with E-state index in [-0.39, 0.29) is 0 Å². The Bertz CT molecular complexity index is 599. The molecule has 0 fully saturated rings. The summed E-state index contributed by atoms with van der Waals surface area (Å²) in [7, 11) is 3.65. The molecule has 19 heavy (non-hydrogen) atoms. The Kier molecular flexibility index (Phi) is 4.00. The summed E-state index contributed by atoms with van der Waals surface area (Å²) in [5, 5.41) is 0. The highest BCUT2D eigenvalue weighted by molar-refractivity contribution is 9.10. The van der Waals surface area contributed by atoms with Gasteiger partial charge in [0.2, 0.25) is 0 Å². The smallest absolute Gasteiger partial charge is 0.133 e. The van der Waals surface area contributed by atoms with Gasteiger partial charge in [0.25, 0.3) is 0 Å². The van der Waals surface area contributed by atoms with Gasteiger partial charge in [-0.1, -0.05) is 6.07 Å². The molecule has 0 saturated carbocycles. The summed E-state index contributed by atoms with van der Waals surface area (Å²) < 4.78 is 6.16. The van der Waals surface area contributed by atoms with E-state index in [0.29, 0.717) is 0 Å². The predicted octanol–water partition coefficient (Wildman–Crippen LogP) is 4.12. The average molecular weight is 321 g/mol. The minimum atomic E-state index is 0.764. The first-order chi connectivity index (χ1) is 9.02. The zero-order valence-electron chi connectivity index (χ0n) is 11.3. The van der Waals surface area contributed by atoms with Crippen LogP contribution in [-0.2, 0) is 0 Å². The van der Waals surface area contributed by atoms with Gasteiger partial charge < -0.3 is 15.4 Å². The maximum absolute atomic E-state index is 6.04. The SMILES string of the molecule is COc1ccc(N(C)c2cc(C)ccc2N)cc1Br. The Morgan fingerprint density at radius 3 is 2.53 bits per heavy atom. The van der Waals surface area contributed by atoms with Crippen molar-refractivity contribution in [2.75, 3.05) is 24.8 Å². The number of nitrogen functional groups attached to an aromatic ring is 1. The normalized spacial score (nSPS) is 10.3. The number of nitrogens with zero attached hydrogens (tertiary/aromatic N) is 1. The molecule has 3 nitrogen and oxygen atoms in total. The molecule has 0 aliphatic rings. The first-order valence-corrected chi connectivity index (χ1v) is 6.75. The van der Waals surface area contributed by atoms with Gasteiger partial charge in [0, 0.05) is 12.7 Å². The molecule has 0 heterocycles. The van der Waals surface area contributed by atoms with Gasteiger partial charge in [-0.05, 0) is 58.7 Å². The largest absolute Gasteiger partial charge is 0.496 e. The van der Waals surface area contributed by atoms with Crippen molar-refractivity contribution < 1.29 is 4.74 Å². The molecule has 0 amide bonds. The number of hydrogen-bond donors (Lipinski definition) is 1. The van der Waals surface area contributed by atoms with Crippen LogP contribution in [0, 0.1) is 6.92 Å². The fraction of sp³-hybridized carbons (Fsp3) is 0.200. The van der Waals surface area contributed by atoms with Crippen LogP contribution in [0.15, 0.2) is 40.9 Å². The Morgan fingerprint density at radius 2 is 1.89 bits per heavy atom. The Balaban J connectivity index is 2.41. The topological polar surface area (TPSA) is 38.5 Å². The summed E-state index contributed by atoms with van der Waals surface area (Å²) in [5.74, 6) is 0.814. The van der Waals surface area contributed by atoms with E-state index in [1.807, 2.05) is 37.4 Å². The third-order valence-electron chi connectivity index (χ3n) is 3.07. The number of rotatable bonds is 3. The first-order valence-electron chi connectivity index (χ1n) is 5.96. The number of methoxy groups -OCH3 is 1. The van der Waals surface area contributed by atoms with Crippen molar-refractivity contribution in [1.82, 2.24) is 0 Å². The Morgan fingerprint density at radius 1 is 1.16 bits per heavy atom. The van der Waals surface area contributed by atoms with Crippen LogP contribution in [0.2, 0.25) is 0 Å². The number of benzene rings is 2. The molecule has 2 rings (SSSR count). The lowest BCUT2D eigenvalue weighted by atomic mass is 10.1. The zero-order valence-corrected chi connectivity index (χ0v) is 12.9. The van der Waals surface area contributed by atoms with E-state index >= 15 is 0 Å². The van der Waals surface area contributed by atoms with Crippen molar-refractivity contribution in [2.24, 2.45) is 0 Å². The second-order valence-corrected chi connectivity index (χ2v) is 5.29. The lowest BCUT2D eigenvalue weighted by Crippen LogP contribution is -2.11. The van der Waals surface area contributed by atoms with Gasteiger partial charge in [0.05, 0.1) is 23.0 Å². The summed E-state index contributed by atoms with van der Waals surface area (Å²) in [4.78, 5) is 2.06. The van der Waals surface area contributed by atoms with Crippen molar-refractivity contribution in [3.8, 4) is 5.75 Å². The molecule has 0 aliphatic carbocycles. The fourth-order valence-electron chi connectivity index (χ4n) is 1.95. The molecule has 0 unspecified atom stereocenters. The molecule has 2 N–H and O–H groups in total. The molecule has 4 heteroatoms. The minimum Gasteiger partial charge on any atom is -0.496 e. The second-order valence-electron chi connectivity index (χ2n) is 4.44. The molecular weight excluding hydrogens is 304 g/mol. The average Bonchev–Trinajstić information content (AvgIpc) is 2.40. The van der Waals surface area contributed by atoms with Gasteiger partial charge in [0.15, 0.2) is 0 Å². The molecule has 2 aromatic carbocycles. The number of halogens is 1. The van der Waals surface area contributed by atoms with Crippen molar-refractivity contribution >= 4 is 33.0 Å². The maximum atomic E-state index is 6.04. The van der Waals surface area contributed by atoms with Crippen molar-refractivity contribution in [3.05, 3.63) is 46.4 Å². The first kappa shape index (κ1) is 13.7. The summed E-state index contributed by atoms with van der Waals surface area (Å²) >= 11 is 3.50. The van der Waals surface area contributed by atoms with Crippen LogP contribution in [0.1, 0.15) is 5.56 Å². The van der Waals surface area contributed by atoms with Gasteiger partial charge in [-0.15, -0.1) is 0 Å². The molecule has 0 atom stereocenters. The summed E-state index contributed by atoms with van der Waals surface area (Å²) in [6, 6.07) is 12.0. The third kappa shape index (κ3) is 2.84. The minimum absolute atomic E-state index is 0.764. The number of hydrogen-bond acceptors (Lipinski definition) is 3. The molecule has 100 valence electrons. The highest BCUT2D eigenvalue weighted by Crippen LogP contribution is 2.34. The van der Waals surface area contributed by atoms with E-state index in [1.165, 1.54) is 5.56 Å². The number of nitrogens with two attached hydrogens (primary N) is 1. The molecule has 2 aromatic rings. The van der Waals surface area contributed by atoms with Gasteiger partial charge in [-0.3, -0.25) is 0 Å². The van der Waals surface area contributed by atoms with E-state index in [9.17, 15) is 0 Å². The van der Waals surface area contributed by atoms with E-state index in [2.05, 4.69) is 33.8 Å². The summed E-state index contributed by atoms with van der Waals surface area (Å²) in [6.45, 7) is 2.06. The Labute approximate surface area is 122 Å². The monoisotopic (exact) mass is 320 g/mol. The quantitative estimate of drug-likeness (QED) is 0.865. The zero-order chi connectivity index (χ0) is 14.0. The molecule has 0 saturated heterocycles. The van der Waals surface area contributed by atoms with Crippen LogP contribution >= 0.6 is 15.9 Å². The number of ether oxygens (including phenoxy) is 1. The number of aryl methyl sites for hydroxylation is 1. The van der Waals surface area contributed by atoms with Crippen LogP contribution in [-0.4, -0.2) is 14.2 Å². The van der Waals surface area contributed by atoms with Crippen LogP contribution in [0.3, 0.4) is 0 Å². The lowest BCUT2D eigenvalue weighted by Gasteiger charge is -2.22. The summed E-state index contributed by atoms with van der Waals surface area (Å²) in [6.07, 6.45) is 0. The molecule has 0 bridgehead atoms. The maximum Gasteiger partial charge on any atom is 0.133 e. The molecule has 0 spiro atoms. The van der Waals surface area contributed by atoms with E-state index in [4.69, 9.17) is 10.5 Å². The van der Waals surface area contributed by atoms with Gasteiger partial charge in [-0.2, -0.15) is 0 Å². The number of anilines is 3. The van der Waals surface area contributed by atoms with E-state index in [1.54, 1.807) is 7.11 Å². The predicted molar refractivity (Wildman–Crippen MR) is 84.3 cm³/mol. The van der Waals surface area contributed by atoms with Crippen LogP contribution in [0.4, 0.5) is 17.1 Å². The van der Waals surface area contributed by atoms with Gasteiger partial charge >= 0.3 is 0 Å². The summed E-state index contributed by atoms with van der Waals surface area (Å²) in [5.41, 5.74) is 10.0. The Hall–Kier alpha value is -1.68. The van der Waals surface area contributed by atoms with Crippen molar-refractivity contribution in [2.45, 2.75) is 6.92 Å². The van der Waals surface area contributed by atoms with Crippen LogP contribution < -0.4 is 15.4 Å². The molecule has 0 radical (unpaired) electrons.